The lowest BCUT2D eigenvalue weighted by Gasteiger charge is -2.10. The summed E-state index contributed by atoms with van der Waals surface area (Å²) < 4.78 is 5.61. The molecule has 2 rings (SSSR count). The van der Waals surface area contributed by atoms with Gasteiger partial charge in [0.1, 0.15) is 5.75 Å². The first-order valence-corrected chi connectivity index (χ1v) is 7.35. The highest BCUT2D eigenvalue weighted by Gasteiger charge is 2.08. The molecule has 0 atom stereocenters. The fourth-order valence-corrected chi connectivity index (χ4v) is 2.56. The Morgan fingerprint density at radius 3 is 2.79 bits per heavy atom. The van der Waals surface area contributed by atoms with Crippen molar-refractivity contribution in [2.24, 2.45) is 0 Å². The first-order chi connectivity index (χ1) is 9.15. The smallest absolute Gasteiger partial charge is 0.163 e. The second-order valence-electron chi connectivity index (χ2n) is 4.70. The van der Waals surface area contributed by atoms with Crippen molar-refractivity contribution in [3.8, 4) is 5.75 Å². The molecule has 1 aromatic heterocycles. The standard InChI is InChI=1S/C16H18O2S/c1-12(2)18-14-6-3-5-13(11-14)16(17)9-8-15-7-4-10-19-15/h3-7,10-12H,8-9H2,1-2H3. The molecule has 1 heterocycles. The van der Waals surface area contributed by atoms with Gasteiger partial charge in [0.25, 0.3) is 0 Å². The van der Waals surface area contributed by atoms with Crippen LogP contribution in [0.4, 0.5) is 0 Å². The Hall–Kier alpha value is -1.61. The molecule has 0 unspecified atom stereocenters. The van der Waals surface area contributed by atoms with E-state index >= 15 is 0 Å². The van der Waals surface area contributed by atoms with Gasteiger partial charge in [-0.1, -0.05) is 18.2 Å². The summed E-state index contributed by atoms with van der Waals surface area (Å²) in [5.74, 6) is 0.930. The number of Topliss-reactive ketones (excluding diaryl/α,β-unsaturated/α-hetero) is 1. The van der Waals surface area contributed by atoms with Crippen LogP contribution in [-0.2, 0) is 6.42 Å². The van der Waals surface area contributed by atoms with E-state index in [4.69, 9.17) is 4.74 Å². The van der Waals surface area contributed by atoms with Gasteiger partial charge >= 0.3 is 0 Å². The topological polar surface area (TPSA) is 26.3 Å². The molecule has 0 bridgehead atoms. The summed E-state index contributed by atoms with van der Waals surface area (Å²) in [4.78, 5) is 13.4. The van der Waals surface area contributed by atoms with E-state index < -0.39 is 0 Å². The monoisotopic (exact) mass is 274 g/mol. The van der Waals surface area contributed by atoms with Crippen LogP contribution in [0.1, 0.15) is 35.5 Å². The predicted octanol–water partition coefficient (Wildman–Crippen LogP) is 4.35. The maximum absolute atomic E-state index is 12.1. The van der Waals surface area contributed by atoms with Gasteiger partial charge in [0.05, 0.1) is 6.10 Å². The predicted molar refractivity (Wildman–Crippen MR) is 79.2 cm³/mol. The minimum absolute atomic E-state index is 0.122. The number of ketones is 1. The number of benzene rings is 1. The van der Waals surface area contributed by atoms with Crippen LogP contribution in [-0.4, -0.2) is 11.9 Å². The van der Waals surface area contributed by atoms with Gasteiger partial charge in [-0.05, 0) is 43.8 Å². The Balaban J connectivity index is 1.98. The quantitative estimate of drug-likeness (QED) is 0.732. The molecule has 0 aliphatic heterocycles. The van der Waals surface area contributed by atoms with Crippen LogP contribution >= 0.6 is 11.3 Å². The molecular weight excluding hydrogens is 256 g/mol. The zero-order valence-corrected chi connectivity index (χ0v) is 12.1. The number of rotatable bonds is 6. The van der Waals surface area contributed by atoms with E-state index in [0.717, 1.165) is 17.7 Å². The molecule has 1 aromatic carbocycles. The zero-order valence-electron chi connectivity index (χ0n) is 11.3. The Kier molecular flexibility index (Phi) is 4.74. The molecule has 3 heteroatoms. The van der Waals surface area contributed by atoms with Gasteiger partial charge in [-0.3, -0.25) is 4.79 Å². The van der Waals surface area contributed by atoms with Crippen LogP contribution in [0.15, 0.2) is 41.8 Å². The molecule has 2 aromatic rings. The lowest BCUT2D eigenvalue weighted by Crippen LogP contribution is -2.07. The molecule has 0 radical (unpaired) electrons. The lowest BCUT2D eigenvalue weighted by atomic mass is 10.1. The number of hydrogen-bond donors (Lipinski definition) is 0. The Morgan fingerprint density at radius 1 is 1.26 bits per heavy atom. The van der Waals surface area contributed by atoms with Crippen LogP contribution < -0.4 is 4.74 Å². The van der Waals surface area contributed by atoms with E-state index in [1.807, 2.05) is 49.6 Å². The summed E-state index contributed by atoms with van der Waals surface area (Å²) in [6.07, 6.45) is 1.48. The van der Waals surface area contributed by atoms with Crippen molar-refractivity contribution < 1.29 is 9.53 Å². The minimum Gasteiger partial charge on any atom is -0.491 e. The van der Waals surface area contributed by atoms with Crippen LogP contribution in [0.5, 0.6) is 5.75 Å². The van der Waals surface area contributed by atoms with E-state index in [1.54, 1.807) is 11.3 Å². The van der Waals surface area contributed by atoms with Gasteiger partial charge in [-0.15, -0.1) is 11.3 Å². The lowest BCUT2D eigenvalue weighted by molar-refractivity contribution is 0.0982. The van der Waals surface area contributed by atoms with E-state index in [9.17, 15) is 4.79 Å². The molecule has 100 valence electrons. The van der Waals surface area contributed by atoms with Crippen LogP contribution in [0.2, 0.25) is 0 Å². The number of ether oxygens (including phenoxy) is 1. The SMILES string of the molecule is CC(C)Oc1cccc(C(=O)CCc2cccs2)c1. The maximum atomic E-state index is 12.1. The third-order valence-electron chi connectivity index (χ3n) is 2.71. The van der Waals surface area contributed by atoms with Crippen molar-refractivity contribution in [2.45, 2.75) is 32.8 Å². The van der Waals surface area contributed by atoms with Crippen molar-refractivity contribution in [1.82, 2.24) is 0 Å². The summed E-state index contributed by atoms with van der Waals surface area (Å²) in [6, 6.07) is 11.5. The fraction of sp³-hybridized carbons (Fsp3) is 0.312. The van der Waals surface area contributed by atoms with Crippen molar-refractivity contribution in [3.05, 3.63) is 52.2 Å². The molecule has 0 fully saturated rings. The molecule has 0 saturated carbocycles. The van der Waals surface area contributed by atoms with Crippen LogP contribution in [0, 0.1) is 0 Å². The maximum Gasteiger partial charge on any atom is 0.163 e. The summed E-state index contributed by atoms with van der Waals surface area (Å²) in [5.41, 5.74) is 0.731. The van der Waals surface area contributed by atoms with Gasteiger partial charge in [0, 0.05) is 16.9 Å². The number of carbonyl (C=O) groups is 1. The third-order valence-corrected chi connectivity index (χ3v) is 3.64. The molecule has 0 spiro atoms. The number of aryl methyl sites for hydroxylation is 1. The average Bonchev–Trinajstić information content (AvgIpc) is 2.88. The number of hydrogen-bond acceptors (Lipinski definition) is 3. The Labute approximate surface area is 118 Å². The molecule has 0 amide bonds. The largest absolute Gasteiger partial charge is 0.491 e. The van der Waals surface area contributed by atoms with Crippen molar-refractivity contribution in [2.75, 3.05) is 0 Å². The first-order valence-electron chi connectivity index (χ1n) is 6.47. The van der Waals surface area contributed by atoms with Gasteiger partial charge in [0.2, 0.25) is 0 Å². The highest BCUT2D eigenvalue weighted by molar-refractivity contribution is 7.09. The molecule has 0 aliphatic carbocycles. The first kappa shape index (κ1) is 13.8. The molecule has 0 aliphatic rings. The normalized spacial score (nSPS) is 10.7. The fourth-order valence-electron chi connectivity index (χ4n) is 1.85. The summed E-state index contributed by atoms with van der Waals surface area (Å²) in [7, 11) is 0. The molecule has 2 nitrogen and oxygen atoms in total. The number of thiophene rings is 1. The highest BCUT2D eigenvalue weighted by atomic mass is 32.1. The Morgan fingerprint density at radius 2 is 2.11 bits per heavy atom. The van der Waals surface area contributed by atoms with Crippen LogP contribution in [0.3, 0.4) is 0 Å². The molecule has 19 heavy (non-hydrogen) atoms. The second kappa shape index (κ2) is 6.53. The minimum atomic E-state index is 0.122. The summed E-state index contributed by atoms with van der Waals surface area (Å²) in [6.45, 7) is 3.95. The van der Waals surface area contributed by atoms with Crippen molar-refractivity contribution >= 4 is 17.1 Å². The van der Waals surface area contributed by atoms with Gasteiger partial charge in [-0.2, -0.15) is 0 Å². The van der Waals surface area contributed by atoms with E-state index in [1.165, 1.54) is 4.88 Å². The molecular formula is C16H18O2S. The molecule has 0 N–H and O–H groups in total. The van der Waals surface area contributed by atoms with Gasteiger partial charge in [-0.25, -0.2) is 0 Å². The zero-order chi connectivity index (χ0) is 13.7. The summed E-state index contributed by atoms with van der Waals surface area (Å²) >= 11 is 1.69. The number of carbonyl (C=O) groups excluding carboxylic acids is 1. The van der Waals surface area contributed by atoms with E-state index in [-0.39, 0.29) is 11.9 Å². The molecule has 0 saturated heterocycles. The van der Waals surface area contributed by atoms with E-state index in [0.29, 0.717) is 6.42 Å². The van der Waals surface area contributed by atoms with Gasteiger partial charge in [0.15, 0.2) is 5.78 Å². The third kappa shape index (κ3) is 4.21. The van der Waals surface area contributed by atoms with Gasteiger partial charge < -0.3 is 4.74 Å². The Bertz CT molecular complexity index is 529. The van der Waals surface area contributed by atoms with E-state index in [2.05, 4.69) is 6.07 Å². The van der Waals surface area contributed by atoms with Crippen LogP contribution in [0.25, 0.3) is 0 Å². The average molecular weight is 274 g/mol. The highest BCUT2D eigenvalue weighted by Crippen LogP contribution is 2.18. The second-order valence-corrected chi connectivity index (χ2v) is 5.73. The summed E-state index contributed by atoms with van der Waals surface area (Å²) in [5, 5.41) is 2.04. The van der Waals surface area contributed by atoms with Crippen molar-refractivity contribution in [3.63, 3.8) is 0 Å². The van der Waals surface area contributed by atoms with Crippen molar-refractivity contribution in [1.29, 1.82) is 0 Å².